The summed E-state index contributed by atoms with van der Waals surface area (Å²) in [7, 11) is 0. The summed E-state index contributed by atoms with van der Waals surface area (Å²) in [5.74, 6) is 6.87. The number of benzene rings is 3. The number of esters is 1. The van der Waals surface area contributed by atoms with Crippen LogP contribution in [0.2, 0.25) is 0 Å². The summed E-state index contributed by atoms with van der Waals surface area (Å²) in [6.45, 7) is 19.0. The van der Waals surface area contributed by atoms with Gasteiger partial charge in [-0.15, -0.1) is 0 Å². The molecule has 432 valence electrons. The van der Waals surface area contributed by atoms with Crippen LogP contribution in [-0.2, 0) is 19.1 Å². The molecule has 0 aliphatic heterocycles. The van der Waals surface area contributed by atoms with Gasteiger partial charge in [-0.3, -0.25) is 29.3 Å². The molecule has 12 rings (SSSR count). The lowest BCUT2D eigenvalue weighted by molar-refractivity contribution is -0.151. The van der Waals surface area contributed by atoms with Crippen LogP contribution in [0.1, 0.15) is 206 Å². The molecule has 6 saturated carbocycles. The van der Waals surface area contributed by atoms with Crippen LogP contribution in [0.5, 0.6) is 0 Å². The van der Waals surface area contributed by atoms with Crippen LogP contribution < -0.4 is 0 Å². The Bertz CT molecular complexity index is 2860. The third kappa shape index (κ3) is 14.8. The quantitative estimate of drug-likeness (QED) is 0.119. The van der Waals surface area contributed by atoms with Gasteiger partial charge in [-0.1, -0.05) is 62.3 Å². The SMILES string of the molecule is CC(C)(C)CC(=O)CC1C[C@@H]2CC(c3ccnc4ccc(F)cc34)C[C@@H]2C1.CC(C)(C)CC(=O)CC1C[C@@H]2CC(c3ccnc4ccc(F)cc34)C[C@@H]2C1.CC(C)(C)CC(=O)OC1C[C@@H]2CC(c3ccnc4ccc(F)cc34)C[C@@H]2C1. The second kappa shape index (κ2) is 24.0. The zero-order valence-corrected chi connectivity index (χ0v) is 49.7. The topological polar surface area (TPSA) is 99.1 Å². The number of ether oxygens (including phenoxy) is 1. The van der Waals surface area contributed by atoms with Crippen molar-refractivity contribution in [1.82, 2.24) is 15.0 Å². The van der Waals surface area contributed by atoms with Crippen LogP contribution in [0.4, 0.5) is 13.2 Å². The largest absolute Gasteiger partial charge is 0.462 e. The molecule has 0 saturated heterocycles. The van der Waals surface area contributed by atoms with E-state index < -0.39 is 0 Å². The molecule has 0 bridgehead atoms. The predicted molar refractivity (Wildman–Crippen MR) is 318 cm³/mol. The summed E-state index contributed by atoms with van der Waals surface area (Å²) in [6.07, 6.45) is 22.6. The average molecular weight is 1100 g/mol. The van der Waals surface area contributed by atoms with E-state index in [0.29, 0.717) is 72.3 Å². The third-order valence-corrected chi connectivity index (χ3v) is 19.2. The van der Waals surface area contributed by atoms with Gasteiger partial charge in [-0.2, -0.15) is 0 Å². The van der Waals surface area contributed by atoms with Crippen molar-refractivity contribution >= 4 is 50.2 Å². The van der Waals surface area contributed by atoms with Crippen molar-refractivity contribution in [2.24, 2.45) is 63.6 Å². The first kappa shape index (κ1) is 58.7. The van der Waals surface area contributed by atoms with E-state index in [0.717, 1.165) is 94.9 Å². The lowest BCUT2D eigenvalue weighted by Crippen LogP contribution is -2.21. The highest BCUT2D eigenvalue weighted by Gasteiger charge is 2.46. The molecule has 6 unspecified atom stereocenters. The Balaban J connectivity index is 0.000000136. The molecule has 7 nitrogen and oxygen atoms in total. The maximum Gasteiger partial charge on any atom is 0.306 e. The van der Waals surface area contributed by atoms with E-state index in [1.807, 2.05) is 24.7 Å². The summed E-state index contributed by atoms with van der Waals surface area (Å²) >= 11 is 0. The average Bonchev–Trinajstić information content (AvgIpc) is 4.29. The van der Waals surface area contributed by atoms with Crippen LogP contribution in [0.25, 0.3) is 32.7 Å². The van der Waals surface area contributed by atoms with E-state index in [2.05, 4.69) is 89.4 Å². The van der Waals surface area contributed by atoms with Crippen LogP contribution in [-0.4, -0.2) is 38.6 Å². The molecule has 3 heterocycles. The summed E-state index contributed by atoms with van der Waals surface area (Å²) in [5, 5.41) is 2.88. The van der Waals surface area contributed by atoms with Gasteiger partial charge in [0.15, 0.2) is 0 Å². The van der Waals surface area contributed by atoms with Gasteiger partial charge in [0.05, 0.1) is 23.0 Å². The Morgan fingerprint density at radius 1 is 0.420 bits per heavy atom. The highest BCUT2D eigenvalue weighted by Crippen LogP contribution is 2.56. The fraction of sp³-hybridized carbons (Fsp3) is 0.577. The summed E-state index contributed by atoms with van der Waals surface area (Å²) in [6, 6.07) is 20.9. The lowest BCUT2D eigenvalue weighted by atomic mass is 9.85. The number of fused-ring (bicyclic) bond motifs is 6. The molecule has 12 atom stereocenters. The molecule has 6 aromatic rings. The van der Waals surface area contributed by atoms with E-state index in [-0.39, 0.29) is 45.8 Å². The Kier molecular flexibility index (Phi) is 17.4. The molecule has 3 aromatic carbocycles. The second-order valence-corrected chi connectivity index (χ2v) is 29.7. The van der Waals surface area contributed by atoms with Crippen molar-refractivity contribution in [2.75, 3.05) is 0 Å². The van der Waals surface area contributed by atoms with Gasteiger partial charge in [0.1, 0.15) is 35.1 Å². The van der Waals surface area contributed by atoms with Crippen molar-refractivity contribution in [3.63, 3.8) is 0 Å². The van der Waals surface area contributed by atoms with Gasteiger partial charge in [0.25, 0.3) is 0 Å². The number of carbonyl (C=O) groups is 3. The molecule has 10 heteroatoms. The Morgan fingerprint density at radius 3 is 1.01 bits per heavy atom. The fourth-order valence-corrected chi connectivity index (χ4v) is 16.4. The summed E-state index contributed by atoms with van der Waals surface area (Å²) < 4.78 is 47.0. The van der Waals surface area contributed by atoms with E-state index in [1.54, 1.807) is 36.4 Å². The van der Waals surface area contributed by atoms with E-state index in [4.69, 9.17) is 4.74 Å². The molecular weight excluding hydrogens is 1020 g/mol. The van der Waals surface area contributed by atoms with Crippen molar-refractivity contribution in [3.8, 4) is 0 Å². The van der Waals surface area contributed by atoms with Gasteiger partial charge in [-0.05, 0) is 248 Å². The van der Waals surface area contributed by atoms with Crippen LogP contribution in [0, 0.1) is 81.0 Å². The number of nitrogens with zero attached hydrogens (tertiary/aromatic N) is 3. The van der Waals surface area contributed by atoms with Crippen LogP contribution >= 0.6 is 0 Å². The third-order valence-electron chi connectivity index (χ3n) is 19.2. The van der Waals surface area contributed by atoms with Crippen LogP contribution in [0.15, 0.2) is 91.4 Å². The minimum atomic E-state index is -0.208. The number of hydrogen-bond acceptors (Lipinski definition) is 7. The van der Waals surface area contributed by atoms with Gasteiger partial charge in [0.2, 0.25) is 0 Å². The minimum absolute atomic E-state index is 0.0334. The molecule has 0 radical (unpaired) electrons. The zero-order chi connectivity index (χ0) is 57.5. The number of halogens is 3. The highest BCUT2D eigenvalue weighted by molar-refractivity contribution is 5.85. The fourth-order valence-electron chi connectivity index (χ4n) is 16.4. The molecule has 81 heavy (non-hydrogen) atoms. The van der Waals surface area contributed by atoms with Crippen molar-refractivity contribution in [3.05, 3.63) is 126 Å². The Labute approximate surface area is 479 Å². The maximum absolute atomic E-state index is 13.8. The molecule has 0 N–H and O–H groups in total. The smallest absolute Gasteiger partial charge is 0.306 e. The number of rotatable bonds is 11. The first-order valence-electron chi connectivity index (χ1n) is 30.7. The lowest BCUT2D eigenvalue weighted by Gasteiger charge is -2.20. The Morgan fingerprint density at radius 2 is 0.716 bits per heavy atom. The molecule has 0 spiro atoms. The first-order valence-corrected chi connectivity index (χ1v) is 30.7. The number of ketones is 2. The van der Waals surface area contributed by atoms with E-state index >= 15 is 0 Å². The van der Waals surface area contributed by atoms with Gasteiger partial charge in [-0.25, -0.2) is 13.2 Å². The monoisotopic (exact) mass is 1100 g/mol. The molecule has 6 fully saturated rings. The normalized spacial score (nSPS) is 27.8. The summed E-state index contributed by atoms with van der Waals surface area (Å²) in [5.41, 5.74) is 6.52. The maximum atomic E-state index is 13.8. The van der Waals surface area contributed by atoms with E-state index in [9.17, 15) is 27.6 Å². The molecule has 6 aliphatic rings. The molecule has 0 amide bonds. The Hall–Kier alpha value is -5.51. The number of carbonyl (C=O) groups excluding carboxylic acids is 3. The van der Waals surface area contributed by atoms with Crippen molar-refractivity contribution < 1.29 is 32.3 Å². The van der Waals surface area contributed by atoms with E-state index in [1.165, 1.54) is 86.3 Å². The first-order chi connectivity index (χ1) is 38.3. The van der Waals surface area contributed by atoms with Gasteiger partial charge >= 0.3 is 5.97 Å². The van der Waals surface area contributed by atoms with Crippen molar-refractivity contribution in [2.45, 2.75) is 195 Å². The van der Waals surface area contributed by atoms with Gasteiger partial charge < -0.3 is 4.74 Å². The predicted octanol–water partition coefficient (Wildman–Crippen LogP) is 18.2. The highest BCUT2D eigenvalue weighted by atomic mass is 19.1. The molecular formula is C71H88F3N3O4. The second-order valence-electron chi connectivity index (χ2n) is 29.7. The number of pyridine rings is 3. The minimum Gasteiger partial charge on any atom is -0.462 e. The van der Waals surface area contributed by atoms with Gasteiger partial charge in [0, 0.05) is 60.4 Å². The molecule has 3 aromatic heterocycles. The zero-order valence-electron chi connectivity index (χ0n) is 49.7. The van der Waals surface area contributed by atoms with Crippen molar-refractivity contribution in [1.29, 1.82) is 0 Å². The number of hydrogen-bond donors (Lipinski definition) is 0. The number of aromatic nitrogens is 3. The number of Topliss-reactive ketones (excluding diaryl/α,β-unsaturated/α-hetero) is 2. The van der Waals surface area contributed by atoms with Crippen LogP contribution in [0.3, 0.4) is 0 Å². The standard InChI is InChI=1S/2C24H30FNO.C23H28FNO2/c2*1-24(2,3)14-20(27)10-15-8-16-11-18(12-17(16)9-15)21-6-7-26-23-5-4-19(25)13-22(21)23;1-23(2,3)13-22(26)27-18-10-14-8-16(9-15(14)11-18)19-6-7-25-21-5-4-17(24)12-20(19)21/h2*4-7,13,15-18H,8-12,14H2,1-3H3;4-7,12,14-16,18H,8-11,13H2,1-3H3/t2*15?,16-,17+,18?;14-,15+,16?,18?. The molecule has 6 aliphatic carbocycles. The summed E-state index contributed by atoms with van der Waals surface area (Å²) in [4.78, 5) is 50.0.